The largest absolute Gasteiger partial charge is 0.481 e. The van der Waals surface area contributed by atoms with Crippen LogP contribution < -0.4 is 0 Å². The molecule has 0 spiro atoms. The second-order valence-electron chi connectivity index (χ2n) is 4.11. The average Bonchev–Trinajstić information content (AvgIpc) is 2.73. The van der Waals surface area contributed by atoms with Crippen LogP contribution in [0.5, 0.6) is 0 Å². The first kappa shape index (κ1) is 11.5. The molecule has 0 aliphatic carbocycles. The van der Waals surface area contributed by atoms with Crippen molar-refractivity contribution in [1.29, 1.82) is 0 Å². The average molecular weight is 229 g/mol. The highest BCUT2D eigenvalue weighted by molar-refractivity contribution is 5.68. The number of benzene rings is 1. The molecule has 2 aromatic rings. The molecule has 3 nitrogen and oxygen atoms in total. The summed E-state index contributed by atoms with van der Waals surface area (Å²) in [5.41, 5.74) is 2.07. The number of hydrogen-bond acceptors (Lipinski definition) is 1. The minimum Gasteiger partial charge on any atom is -0.481 e. The zero-order chi connectivity index (χ0) is 12.3. The van der Waals surface area contributed by atoms with E-state index in [0.717, 1.165) is 11.3 Å². The van der Waals surface area contributed by atoms with E-state index in [2.05, 4.69) is 0 Å². The molecule has 3 heteroatoms. The third kappa shape index (κ3) is 2.56. The van der Waals surface area contributed by atoms with Crippen molar-refractivity contribution < 1.29 is 9.90 Å². The van der Waals surface area contributed by atoms with Crippen LogP contribution in [0.4, 0.5) is 0 Å². The van der Waals surface area contributed by atoms with E-state index in [4.69, 9.17) is 5.11 Å². The highest BCUT2D eigenvalue weighted by Gasteiger charge is 2.19. The molecule has 1 atom stereocenters. The monoisotopic (exact) mass is 229 g/mol. The van der Waals surface area contributed by atoms with Crippen LogP contribution in [0.3, 0.4) is 0 Å². The van der Waals surface area contributed by atoms with Crippen LogP contribution in [0.15, 0.2) is 48.7 Å². The van der Waals surface area contributed by atoms with Gasteiger partial charge in [0.05, 0.1) is 6.42 Å². The summed E-state index contributed by atoms with van der Waals surface area (Å²) in [7, 11) is 1.94. The third-order valence-corrected chi connectivity index (χ3v) is 2.92. The molecule has 0 aliphatic rings. The van der Waals surface area contributed by atoms with Crippen molar-refractivity contribution in [2.24, 2.45) is 7.05 Å². The summed E-state index contributed by atoms with van der Waals surface area (Å²) in [6.07, 6.45) is 2.05. The van der Waals surface area contributed by atoms with E-state index < -0.39 is 5.97 Å². The molecular weight excluding hydrogens is 214 g/mol. The highest BCUT2D eigenvalue weighted by Crippen LogP contribution is 2.27. The van der Waals surface area contributed by atoms with E-state index in [0.29, 0.717) is 0 Å². The fourth-order valence-electron chi connectivity index (χ4n) is 2.09. The Labute approximate surface area is 100 Å². The number of carboxylic acid groups (broad SMARTS) is 1. The molecule has 88 valence electrons. The molecule has 0 fully saturated rings. The van der Waals surface area contributed by atoms with Gasteiger partial charge in [-0.3, -0.25) is 4.79 Å². The predicted molar refractivity (Wildman–Crippen MR) is 66.0 cm³/mol. The molecule has 2 rings (SSSR count). The Morgan fingerprint density at radius 3 is 2.47 bits per heavy atom. The lowest BCUT2D eigenvalue weighted by Crippen LogP contribution is -2.11. The molecule has 1 aromatic heterocycles. The predicted octanol–water partition coefficient (Wildman–Crippen LogP) is 2.63. The third-order valence-electron chi connectivity index (χ3n) is 2.92. The summed E-state index contributed by atoms with van der Waals surface area (Å²) in [4.78, 5) is 11.0. The van der Waals surface area contributed by atoms with Gasteiger partial charge in [-0.1, -0.05) is 30.3 Å². The summed E-state index contributed by atoms with van der Waals surface area (Å²) in [5, 5.41) is 9.03. The van der Waals surface area contributed by atoms with Gasteiger partial charge in [0.25, 0.3) is 0 Å². The van der Waals surface area contributed by atoms with Crippen LogP contribution >= 0.6 is 0 Å². The van der Waals surface area contributed by atoms with Gasteiger partial charge in [0, 0.05) is 24.9 Å². The van der Waals surface area contributed by atoms with Gasteiger partial charge in [-0.05, 0) is 17.7 Å². The van der Waals surface area contributed by atoms with E-state index in [1.807, 2.05) is 60.3 Å². The SMILES string of the molecule is Cn1cccc1[C@@H](CC(=O)O)c1ccccc1. The Morgan fingerprint density at radius 2 is 1.94 bits per heavy atom. The van der Waals surface area contributed by atoms with Gasteiger partial charge in [0.15, 0.2) is 0 Å². The van der Waals surface area contributed by atoms with Crippen molar-refractivity contribution in [2.75, 3.05) is 0 Å². The van der Waals surface area contributed by atoms with Crippen molar-refractivity contribution in [2.45, 2.75) is 12.3 Å². The number of hydrogen-bond donors (Lipinski definition) is 1. The molecule has 1 N–H and O–H groups in total. The quantitative estimate of drug-likeness (QED) is 0.875. The lowest BCUT2D eigenvalue weighted by molar-refractivity contribution is -0.137. The van der Waals surface area contributed by atoms with Crippen molar-refractivity contribution in [3.8, 4) is 0 Å². The molecule has 0 saturated heterocycles. The van der Waals surface area contributed by atoms with Crippen LogP contribution in [0.1, 0.15) is 23.6 Å². The first-order valence-electron chi connectivity index (χ1n) is 5.56. The minimum atomic E-state index is -0.778. The van der Waals surface area contributed by atoms with Gasteiger partial charge in [-0.2, -0.15) is 0 Å². The number of rotatable bonds is 4. The van der Waals surface area contributed by atoms with Gasteiger partial charge in [0.2, 0.25) is 0 Å². The lowest BCUT2D eigenvalue weighted by Gasteiger charge is -2.16. The summed E-state index contributed by atoms with van der Waals surface area (Å²) in [6.45, 7) is 0. The van der Waals surface area contributed by atoms with Crippen LogP contribution in [-0.4, -0.2) is 15.6 Å². The van der Waals surface area contributed by atoms with Crippen LogP contribution in [0.2, 0.25) is 0 Å². The molecule has 0 bridgehead atoms. The molecule has 1 heterocycles. The second-order valence-corrected chi connectivity index (χ2v) is 4.11. The molecule has 0 unspecified atom stereocenters. The minimum absolute atomic E-state index is 0.0892. The highest BCUT2D eigenvalue weighted by atomic mass is 16.4. The van der Waals surface area contributed by atoms with Gasteiger partial charge in [-0.15, -0.1) is 0 Å². The molecule has 0 amide bonds. The van der Waals surface area contributed by atoms with Crippen LogP contribution in [-0.2, 0) is 11.8 Å². The van der Waals surface area contributed by atoms with Crippen molar-refractivity contribution in [3.63, 3.8) is 0 Å². The van der Waals surface area contributed by atoms with Gasteiger partial charge < -0.3 is 9.67 Å². The first-order valence-corrected chi connectivity index (χ1v) is 5.56. The number of carbonyl (C=O) groups is 1. The Morgan fingerprint density at radius 1 is 1.24 bits per heavy atom. The van der Waals surface area contributed by atoms with E-state index in [1.165, 1.54) is 0 Å². The van der Waals surface area contributed by atoms with Crippen molar-refractivity contribution >= 4 is 5.97 Å². The zero-order valence-corrected chi connectivity index (χ0v) is 9.71. The van der Waals surface area contributed by atoms with Crippen LogP contribution in [0.25, 0.3) is 0 Å². The number of nitrogens with zero attached hydrogens (tertiary/aromatic N) is 1. The number of carboxylic acids is 1. The summed E-state index contributed by atoms with van der Waals surface area (Å²) in [5.74, 6) is -0.867. The van der Waals surface area contributed by atoms with E-state index in [1.54, 1.807) is 0 Å². The second kappa shape index (κ2) is 4.87. The van der Waals surface area contributed by atoms with Gasteiger partial charge in [0.1, 0.15) is 0 Å². The number of aromatic nitrogens is 1. The summed E-state index contributed by atoms with van der Waals surface area (Å²) in [6, 6.07) is 13.7. The fraction of sp³-hybridized carbons (Fsp3) is 0.214. The number of aliphatic carboxylic acids is 1. The molecule has 0 radical (unpaired) electrons. The molecular formula is C14H15NO2. The van der Waals surface area contributed by atoms with E-state index in [9.17, 15) is 4.79 Å². The Balaban J connectivity index is 2.39. The van der Waals surface area contributed by atoms with E-state index >= 15 is 0 Å². The Kier molecular flexibility index (Phi) is 3.28. The van der Waals surface area contributed by atoms with E-state index in [-0.39, 0.29) is 12.3 Å². The summed E-state index contributed by atoms with van der Waals surface area (Å²) < 4.78 is 1.97. The van der Waals surface area contributed by atoms with Crippen molar-refractivity contribution in [3.05, 3.63) is 59.9 Å². The standard InChI is InChI=1S/C14H15NO2/c1-15-9-5-8-13(15)12(10-14(16)17)11-6-3-2-4-7-11/h2-9,12H,10H2,1H3,(H,16,17)/t12-/m0/s1. The maximum absolute atomic E-state index is 11.0. The Bertz CT molecular complexity index is 502. The van der Waals surface area contributed by atoms with Crippen LogP contribution in [0, 0.1) is 0 Å². The molecule has 0 saturated carbocycles. The fourth-order valence-corrected chi connectivity index (χ4v) is 2.09. The Hall–Kier alpha value is -2.03. The first-order chi connectivity index (χ1) is 8.18. The maximum atomic E-state index is 11.0. The lowest BCUT2D eigenvalue weighted by atomic mass is 9.92. The topological polar surface area (TPSA) is 42.2 Å². The zero-order valence-electron chi connectivity index (χ0n) is 9.71. The van der Waals surface area contributed by atoms with Crippen molar-refractivity contribution in [1.82, 2.24) is 4.57 Å². The molecule has 0 aliphatic heterocycles. The molecule has 17 heavy (non-hydrogen) atoms. The van der Waals surface area contributed by atoms with Gasteiger partial charge >= 0.3 is 5.97 Å². The summed E-state index contributed by atoms with van der Waals surface area (Å²) >= 11 is 0. The number of aryl methyl sites for hydroxylation is 1. The van der Waals surface area contributed by atoms with Gasteiger partial charge in [-0.25, -0.2) is 0 Å². The smallest absolute Gasteiger partial charge is 0.304 e. The normalized spacial score (nSPS) is 12.3. The molecule has 1 aromatic carbocycles. The maximum Gasteiger partial charge on any atom is 0.304 e.